The lowest BCUT2D eigenvalue weighted by Gasteiger charge is -2.26. The van der Waals surface area contributed by atoms with Crippen molar-refractivity contribution in [1.29, 1.82) is 0 Å². The first-order valence-corrected chi connectivity index (χ1v) is 11.5. The number of ether oxygens (including phenoxy) is 1. The molecule has 4 aromatic rings. The van der Waals surface area contributed by atoms with Crippen LogP contribution in [0.25, 0.3) is 22.6 Å². The third kappa shape index (κ3) is 3.30. The fourth-order valence-electron chi connectivity index (χ4n) is 3.99. The van der Waals surface area contributed by atoms with Crippen molar-refractivity contribution in [2.75, 3.05) is 13.7 Å². The zero-order chi connectivity index (χ0) is 21.8. The molecule has 1 aliphatic rings. The van der Waals surface area contributed by atoms with Crippen LogP contribution in [0.2, 0.25) is 0 Å². The van der Waals surface area contributed by atoms with Crippen molar-refractivity contribution in [2.45, 2.75) is 31.7 Å². The molecule has 0 aliphatic carbocycles. The highest BCUT2D eigenvalue weighted by Crippen LogP contribution is 2.31. The van der Waals surface area contributed by atoms with E-state index < -0.39 is 10.0 Å². The minimum atomic E-state index is -3.64. The van der Waals surface area contributed by atoms with Gasteiger partial charge in [0.25, 0.3) is 0 Å². The molecule has 2 aromatic carbocycles. The van der Waals surface area contributed by atoms with Gasteiger partial charge in [0.15, 0.2) is 5.82 Å². The Hall–Kier alpha value is -3.17. The molecule has 160 valence electrons. The number of aryl methyl sites for hydroxylation is 2. The van der Waals surface area contributed by atoms with Crippen LogP contribution in [0, 0.1) is 13.8 Å². The van der Waals surface area contributed by atoms with Gasteiger partial charge in [0.2, 0.25) is 10.0 Å². The molecule has 1 aliphatic heterocycles. The number of hydrogen-bond acceptors (Lipinski definition) is 5. The van der Waals surface area contributed by atoms with Crippen molar-refractivity contribution in [1.82, 2.24) is 24.5 Å². The minimum Gasteiger partial charge on any atom is -0.497 e. The smallest absolute Gasteiger partial charge is 0.243 e. The lowest BCUT2D eigenvalue weighted by Crippen LogP contribution is -2.36. The second kappa shape index (κ2) is 7.21. The number of rotatable bonds is 4. The molecule has 0 unspecified atom stereocenters. The van der Waals surface area contributed by atoms with Gasteiger partial charge in [-0.1, -0.05) is 6.07 Å². The molecular formula is C22H23N5O3S. The molecule has 31 heavy (non-hydrogen) atoms. The van der Waals surface area contributed by atoms with Crippen molar-refractivity contribution in [3.05, 3.63) is 58.8 Å². The molecule has 0 radical (unpaired) electrons. The Bertz CT molecular complexity index is 1370. The Labute approximate surface area is 180 Å². The van der Waals surface area contributed by atoms with Gasteiger partial charge in [-0.2, -0.15) is 9.40 Å². The number of aromatic nitrogens is 4. The summed E-state index contributed by atoms with van der Waals surface area (Å²) in [5.41, 5.74) is 6.80. The SMILES string of the molecule is COc1cccc(S(=O)(=O)N2CCc3c(-c4nc5cc(C)c(C)cc5[nH]4)n[nH]c3C2)c1. The molecule has 3 heterocycles. The van der Waals surface area contributed by atoms with Gasteiger partial charge in [-0.05, 0) is 55.7 Å². The zero-order valence-electron chi connectivity index (χ0n) is 17.6. The lowest BCUT2D eigenvalue weighted by atomic mass is 10.1. The Morgan fingerprint density at radius 3 is 2.74 bits per heavy atom. The summed E-state index contributed by atoms with van der Waals surface area (Å²) >= 11 is 0. The van der Waals surface area contributed by atoms with Gasteiger partial charge >= 0.3 is 0 Å². The number of fused-ring (bicyclic) bond motifs is 2. The molecule has 0 atom stereocenters. The largest absolute Gasteiger partial charge is 0.497 e. The van der Waals surface area contributed by atoms with E-state index in [4.69, 9.17) is 9.72 Å². The molecular weight excluding hydrogens is 414 g/mol. The standard InChI is InChI=1S/C22H23N5O3S/c1-13-9-18-19(10-14(13)2)24-22(23-18)21-17-7-8-27(12-20(17)25-26-21)31(28,29)16-6-4-5-15(11-16)30-3/h4-6,9-11H,7-8,12H2,1-3H3,(H,23,24)(H,25,26). The van der Waals surface area contributed by atoms with Gasteiger partial charge in [-0.15, -0.1) is 0 Å². The van der Waals surface area contributed by atoms with Gasteiger partial charge in [-0.25, -0.2) is 13.4 Å². The molecule has 0 amide bonds. The molecule has 0 spiro atoms. The summed E-state index contributed by atoms with van der Waals surface area (Å²) in [4.78, 5) is 8.29. The summed E-state index contributed by atoms with van der Waals surface area (Å²) < 4.78 is 32.9. The number of nitrogens with one attached hydrogen (secondary N) is 2. The number of aromatic amines is 2. The number of benzene rings is 2. The first kappa shape index (κ1) is 19.8. The molecule has 9 heteroatoms. The van der Waals surface area contributed by atoms with Crippen LogP contribution >= 0.6 is 0 Å². The molecule has 0 bridgehead atoms. The fraction of sp³-hybridized carbons (Fsp3) is 0.273. The van der Waals surface area contributed by atoms with E-state index >= 15 is 0 Å². The fourth-order valence-corrected chi connectivity index (χ4v) is 5.43. The van der Waals surface area contributed by atoms with Crippen molar-refractivity contribution < 1.29 is 13.2 Å². The highest BCUT2D eigenvalue weighted by molar-refractivity contribution is 7.89. The zero-order valence-corrected chi connectivity index (χ0v) is 18.4. The van der Waals surface area contributed by atoms with E-state index in [0.717, 1.165) is 28.0 Å². The van der Waals surface area contributed by atoms with Gasteiger partial charge in [0.1, 0.15) is 11.4 Å². The highest BCUT2D eigenvalue weighted by atomic mass is 32.2. The van der Waals surface area contributed by atoms with Crippen LogP contribution < -0.4 is 4.74 Å². The maximum Gasteiger partial charge on any atom is 0.243 e. The van der Waals surface area contributed by atoms with Gasteiger partial charge in [-0.3, -0.25) is 5.10 Å². The normalized spacial score (nSPS) is 14.7. The summed E-state index contributed by atoms with van der Waals surface area (Å²) in [5, 5.41) is 7.49. The van der Waals surface area contributed by atoms with Crippen LogP contribution in [0.3, 0.4) is 0 Å². The summed E-state index contributed by atoms with van der Waals surface area (Å²) in [5.74, 6) is 1.21. The third-order valence-corrected chi connectivity index (χ3v) is 7.74. The molecule has 2 N–H and O–H groups in total. The second-order valence-electron chi connectivity index (χ2n) is 7.84. The van der Waals surface area contributed by atoms with Crippen molar-refractivity contribution >= 4 is 21.1 Å². The quantitative estimate of drug-likeness (QED) is 0.510. The Morgan fingerprint density at radius 2 is 1.94 bits per heavy atom. The van der Waals surface area contributed by atoms with Crippen LogP contribution in [-0.2, 0) is 23.0 Å². The van der Waals surface area contributed by atoms with Crippen molar-refractivity contribution in [3.8, 4) is 17.3 Å². The Balaban J connectivity index is 1.46. The van der Waals surface area contributed by atoms with E-state index in [9.17, 15) is 8.42 Å². The number of H-pyrrole nitrogens is 2. The number of sulfonamides is 1. The molecule has 0 fully saturated rings. The van der Waals surface area contributed by atoms with Crippen molar-refractivity contribution in [2.24, 2.45) is 0 Å². The average Bonchev–Trinajstić information content (AvgIpc) is 3.37. The second-order valence-corrected chi connectivity index (χ2v) is 9.77. The summed E-state index contributed by atoms with van der Waals surface area (Å²) in [7, 11) is -2.12. The third-order valence-electron chi connectivity index (χ3n) is 5.90. The van der Waals surface area contributed by atoms with Crippen LogP contribution in [0.5, 0.6) is 5.75 Å². The predicted molar refractivity (Wildman–Crippen MR) is 117 cm³/mol. The maximum atomic E-state index is 13.1. The Morgan fingerprint density at radius 1 is 1.13 bits per heavy atom. The summed E-state index contributed by atoms with van der Waals surface area (Å²) in [6.07, 6.45) is 0.555. The summed E-state index contributed by atoms with van der Waals surface area (Å²) in [6, 6.07) is 10.7. The van der Waals surface area contributed by atoms with E-state index in [0.29, 0.717) is 24.5 Å². The van der Waals surface area contributed by atoms with E-state index in [1.54, 1.807) is 24.3 Å². The van der Waals surface area contributed by atoms with E-state index in [-0.39, 0.29) is 11.4 Å². The van der Waals surface area contributed by atoms with Gasteiger partial charge < -0.3 is 9.72 Å². The lowest BCUT2D eigenvalue weighted by molar-refractivity contribution is 0.386. The first-order valence-electron chi connectivity index (χ1n) is 10.0. The first-order chi connectivity index (χ1) is 14.9. The molecule has 0 saturated heterocycles. The minimum absolute atomic E-state index is 0.220. The predicted octanol–water partition coefficient (Wildman–Crippen LogP) is 3.33. The van der Waals surface area contributed by atoms with Crippen LogP contribution in [0.4, 0.5) is 0 Å². The monoisotopic (exact) mass is 437 g/mol. The van der Waals surface area contributed by atoms with E-state index in [1.807, 2.05) is 0 Å². The number of nitrogens with zero attached hydrogens (tertiary/aromatic N) is 3. The Kier molecular flexibility index (Phi) is 4.60. The molecule has 0 saturated carbocycles. The number of imidazole rings is 1. The van der Waals surface area contributed by atoms with Crippen LogP contribution in [-0.4, -0.2) is 46.5 Å². The number of hydrogen-bond donors (Lipinski definition) is 2. The highest BCUT2D eigenvalue weighted by Gasteiger charge is 2.31. The van der Waals surface area contributed by atoms with Crippen LogP contribution in [0.1, 0.15) is 22.4 Å². The molecule has 8 nitrogen and oxygen atoms in total. The maximum absolute atomic E-state index is 13.1. The average molecular weight is 438 g/mol. The van der Waals surface area contributed by atoms with Crippen molar-refractivity contribution in [3.63, 3.8) is 0 Å². The summed E-state index contributed by atoms with van der Waals surface area (Å²) in [6.45, 7) is 4.75. The topological polar surface area (TPSA) is 104 Å². The molecule has 2 aromatic heterocycles. The van der Waals surface area contributed by atoms with E-state index in [1.165, 1.54) is 22.5 Å². The molecule has 5 rings (SSSR count). The van der Waals surface area contributed by atoms with Gasteiger partial charge in [0, 0.05) is 18.2 Å². The van der Waals surface area contributed by atoms with E-state index in [2.05, 4.69) is 41.2 Å². The van der Waals surface area contributed by atoms with Gasteiger partial charge in [0.05, 0.1) is 35.3 Å². The van der Waals surface area contributed by atoms with Crippen LogP contribution in [0.15, 0.2) is 41.3 Å². The number of methoxy groups -OCH3 is 1.